The highest BCUT2D eigenvalue weighted by Gasteiger charge is 2.11. The molecule has 0 fully saturated rings. The van der Waals surface area contributed by atoms with Crippen molar-refractivity contribution in [1.82, 2.24) is 15.3 Å². The van der Waals surface area contributed by atoms with Crippen molar-refractivity contribution in [2.24, 2.45) is 0 Å². The summed E-state index contributed by atoms with van der Waals surface area (Å²) in [5.74, 6) is -0.261. The zero-order valence-corrected chi connectivity index (χ0v) is 15.9. The second-order valence-corrected chi connectivity index (χ2v) is 6.19. The molecule has 3 rings (SSSR count). The molecule has 1 aromatic heterocycles. The maximum absolute atomic E-state index is 13.0. The van der Waals surface area contributed by atoms with E-state index in [0.717, 1.165) is 5.56 Å². The molecule has 1 heterocycles. The molecule has 0 bridgehead atoms. The molecule has 0 unspecified atom stereocenters. The van der Waals surface area contributed by atoms with Crippen LogP contribution < -0.4 is 10.6 Å². The third-order valence-electron chi connectivity index (χ3n) is 4.02. The molecule has 2 N–H and O–H groups in total. The number of carbonyl (C=O) groups is 2. The van der Waals surface area contributed by atoms with Crippen molar-refractivity contribution in [1.29, 1.82) is 0 Å². The number of esters is 1. The minimum absolute atomic E-state index is 0.202. The molecule has 0 spiro atoms. The fraction of sp³-hybridized carbons (Fsp3) is 0.143. The first-order valence-electron chi connectivity index (χ1n) is 8.78. The van der Waals surface area contributed by atoms with Gasteiger partial charge in [-0.05, 0) is 48.9 Å². The van der Waals surface area contributed by atoms with E-state index >= 15 is 0 Å². The molecule has 0 saturated heterocycles. The average molecular weight is 394 g/mol. The number of halogens is 1. The van der Waals surface area contributed by atoms with Crippen LogP contribution in [0.3, 0.4) is 0 Å². The Hall–Kier alpha value is -3.81. The number of benzene rings is 2. The lowest BCUT2D eigenvalue weighted by atomic mass is 10.2. The van der Waals surface area contributed by atoms with Gasteiger partial charge in [-0.1, -0.05) is 12.1 Å². The van der Waals surface area contributed by atoms with Gasteiger partial charge >= 0.3 is 5.97 Å². The largest absolute Gasteiger partial charge is 0.465 e. The summed E-state index contributed by atoms with van der Waals surface area (Å²) >= 11 is 0. The van der Waals surface area contributed by atoms with Crippen LogP contribution in [0.5, 0.6) is 0 Å². The molecule has 2 aromatic carbocycles. The Bertz CT molecular complexity index is 1020. The number of hydrogen-bond acceptors (Lipinski definition) is 6. The van der Waals surface area contributed by atoms with Gasteiger partial charge in [0.1, 0.15) is 23.2 Å². The van der Waals surface area contributed by atoms with Gasteiger partial charge in [0.15, 0.2) is 0 Å². The average Bonchev–Trinajstić information content (AvgIpc) is 2.72. The summed E-state index contributed by atoms with van der Waals surface area (Å²) in [4.78, 5) is 32.4. The Kier molecular flexibility index (Phi) is 6.13. The lowest BCUT2D eigenvalue weighted by molar-refractivity contribution is 0.0600. The van der Waals surface area contributed by atoms with Crippen LogP contribution in [0.4, 0.5) is 15.9 Å². The zero-order valence-electron chi connectivity index (χ0n) is 15.9. The molecule has 0 aliphatic rings. The number of hydrogen-bond donors (Lipinski definition) is 2. The molecule has 0 saturated carbocycles. The zero-order chi connectivity index (χ0) is 20.8. The summed E-state index contributed by atoms with van der Waals surface area (Å²) in [6.07, 6.45) is 0. The predicted octanol–water partition coefficient (Wildman–Crippen LogP) is 3.38. The molecule has 1 amide bonds. The van der Waals surface area contributed by atoms with Gasteiger partial charge in [-0.15, -0.1) is 0 Å². The van der Waals surface area contributed by atoms with E-state index < -0.39 is 5.97 Å². The van der Waals surface area contributed by atoms with Crippen LogP contribution in [0.25, 0.3) is 0 Å². The van der Waals surface area contributed by atoms with E-state index in [-0.39, 0.29) is 24.0 Å². The van der Waals surface area contributed by atoms with Gasteiger partial charge in [0.05, 0.1) is 12.7 Å². The lowest BCUT2D eigenvalue weighted by Crippen LogP contribution is -2.24. The highest BCUT2D eigenvalue weighted by atomic mass is 19.1. The van der Waals surface area contributed by atoms with Crippen LogP contribution in [0.2, 0.25) is 0 Å². The fourth-order valence-electron chi connectivity index (χ4n) is 2.58. The number of ether oxygens (including phenoxy) is 1. The second kappa shape index (κ2) is 8.92. The number of nitrogens with one attached hydrogen (secondary N) is 2. The van der Waals surface area contributed by atoms with Crippen molar-refractivity contribution in [2.75, 3.05) is 12.4 Å². The third kappa shape index (κ3) is 5.35. The molecule has 29 heavy (non-hydrogen) atoms. The number of aromatic nitrogens is 2. The summed E-state index contributed by atoms with van der Waals surface area (Å²) in [6, 6.07) is 14.1. The fourth-order valence-corrected chi connectivity index (χ4v) is 2.58. The van der Waals surface area contributed by atoms with Crippen LogP contribution in [-0.4, -0.2) is 29.0 Å². The van der Waals surface area contributed by atoms with E-state index in [0.29, 0.717) is 22.9 Å². The smallest absolute Gasteiger partial charge is 0.337 e. The molecular formula is C21H19FN4O3. The van der Waals surface area contributed by atoms with Crippen molar-refractivity contribution in [3.8, 4) is 0 Å². The summed E-state index contributed by atoms with van der Waals surface area (Å²) < 4.78 is 17.6. The molecule has 7 nitrogen and oxygen atoms in total. The normalized spacial score (nSPS) is 10.3. The van der Waals surface area contributed by atoms with Crippen molar-refractivity contribution >= 4 is 23.4 Å². The quantitative estimate of drug-likeness (QED) is 0.623. The Morgan fingerprint density at radius 2 is 1.72 bits per heavy atom. The molecule has 3 aromatic rings. The maximum atomic E-state index is 13.0. The second-order valence-electron chi connectivity index (χ2n) is 6.19. The van der Waals surface area contributed by atoms with Gasteiger partial charge in [-0.2, -0.15) is 0 Å². The maximum Gasteiger partial charge on any atom is 0.337 e. The Morgan fingerprint density at radius 3 is 2.38 bits per heavy atom. The highest BCUT2D eigenvalue weighted by molar-refractivity contribution is 5.93. The first-order valence-corrected chi connectivity index (χ1v) is 8.78. The number of rotatable bonds is 6. The van der Waals surface area contributed by atoms with Crippen molar-refractivity contribution in [3.05, 3.63) is 83.1 Å². The van der Waals surface area contributed by atoms with Crippen LogP contribution in [0.15, 0.2) is 54.6 Å². The van der Waals surface area contributed by atoms with E-state index in [1.54, 1.807) is 43.3 Å². The van der Waals surface area contributed by atoms with Gasteiger partial charge in [0, 0.05) is 18.3 Å². The third-order valence-corrected chi connectivity index (χ3v) is 4.02. The molecule has 0 aliphatic carbocycles. The summed E-state index contributed by atoms with van der Waals surface area (Å²) in [5.41, 5.74) is 2.09. The van der Waals surface area contributed by atoms with Crippen LogP contribution in [0, 0.1) is 12.7 Å². The Labute approximate surface area is 167 Å². The number of nitrogens with zero attached hydrogens (tertiary/aromatic N) is 2. The van der Waals surface area contributed by atoms with Gasteiger partial charge in [0.25, 0.3) is 5.91 Å². The first kappa shape index (κ1) is 19.9. The summed E-state index contributed by atoms with van der Waals surface area (Å²) in [5, 5.41) is 5.83. The summed E-state index contributed by atoms with van der Waals surface area (Å²) in [6.45, 7) is 1.93. The molecule has 0 aliphatic heterocycles. The minimum Gasteiger partial charge on any atom is -0.465 e. The Balaban J connectivity index is 1.69. The molecule has 148 valence electrons. The van der Waals surface area contributed by atoms with Gasteiger partial charge in [0.2, 0.25) is 0 Å². The lowest BCUT2D eigenvalue weighted by Gasteiger charge is -2.10. The topological polar surface area (TPSA) is 93.2 Å². The van der Waals surface area contributed by atoms with Gasteiger partial charge in [-0.25, -0.2) is 19.2 Å². The number of anilines is 2. The monoisotopic (exact) mass is 394 g/mol. The molecule has 0 atom stereocenters. The number of amides is 1. The standard InChI is InChI=1S/C21H19FN4O3/c1-13-24-18(20(27)23-12-14-3-7-16(22)8-4-14)11-19(25-13)26-17-9-5-15(6-10-17)21(28)29-2/h3-11H,12H2,1-2H3,(H,23,27)(H,24,25,26). The molecular weight excluding hydrogens is 375 g/mol. The highest BCUT2D eigenvalue weighted by Crippen LogP contribution is 2.17. The van der Waals surface area contributed by atoms with E-state index in [9.17, 15) is 14.0 Å². The number of aryl methyl sites for hydroxylation is 1. The minimum atomic E-state index is -0.422. The SMILES string of the molecule is COC(=O)c1ccc(Nc2cc(C(=O)NCc3ccc(F)cc3)nc(C)n2)cc1. The van der Waals surface area contributed by atoms with E-state index in [1.807, 2.05) is 0 Å². The van der Waals surface area contributed by atoms with Crippen LogP contribution >= 0.6 is 0 Å². The van der Waals surface area contributed by atoms with Crippen LogP contribution in [-0.2, 0) is 11.3 Å². The number of carbonyl (C=O) groups excluding carboxylic acids is 2. The van der Waals surface area contributed by atoms with E-state index in [2.05, 4.69) is 25.3 Å². The number of methoxy groups -OCH3 is 1. The van der Waals surface area contributed by atoms with Crippen molar-refractivity contribution in [3.63, 3.8) is 0 Å². The van der Waals surface area contributed by atoms with Crippen molar-refractivity contribution < 1.29 is 18.7 Å². The molecule has 8 heteroatoms. The predicted molar refractivity (Wildman–Crippen MR) is 105 cm³/mol. The first-order chi connectivity index (χ1) is 13.9. The molecule has 0 radical (unpaired) electrons. The van der Waals surface area contributed by atoms with Gasteiger partial charge in [-0.3, -0.25) is 4.79 Å². The van der Waals surface area contributed by atoms with Crippen molar-refractivity contribution in [2.45, 2.75) is 13.5 Å². The van der Waals surface area contributed by atoms with Gasteiger partial charge < -0.3 is 15.4 Å². The summed E-state index contributed by atoms with van der Waals surface area (Å²) in [7, 11) is 1.32. The Morgan fingerprint density at radius 1 is 1.03 bits per heavy atom. The van der Waals surface area contributed by atoms with E-state index in [4.69, 9.17) is 0 Å². The van der Waals surface area contributed by atoms with E-state index in [1.165, 1.54) is 25.3 Å². The van der Waals surface area contributed by atoms with Crippen LogP contribution in [0.1, 0.15) is 32.2 Å².